The second-order valence-corrected chi connectivity index (χ2v) is 5.61. The number of carbonyl (C=O) groups excluding carboxylic acids is 1. The van der Waals surface area contributed by atoms with Crippen LogP contribution in [-0.4, -0.2) is 10.9 Å². The number of benzene rings is 1. The van der Waals surface area contributed by atoms with Crippen molar-refractivity contribution in [3.63, 3.8) is 0 Å². The summed E-state index contributed by atoms with van der Waals surface area (Å²) in [6, 6.07) is 9.52. The molecule has 2 aromatic rings. The Morgan fingerprint density at radius 3 is 2.86 bits per heavy atom. The van der Waals surface area contributed by atoms with E-state index in [-0.39, 0.29) is 5.91 Å². The topological polar surface area (TPSA) is 91.8 Å². The summed E-state index contributed by atoms with van der Waals surface area (Å²) in [6.45, 7) is 0. The lowest BCUT2D eigenvalue weighted by atomic mass is 9.79. The SMILES string of the molecule is N#Cc1cc2c(cc1N)C[C@@]1(C2)C(=O)Nc2ncccc21. The van der Waals surface area contributed by atoms with Crippen LogP contribution in [0.1, 0.15) is 22.3 Å². The highest BCUT2D eigenvalue weighted by Crippen LogP contribution is 2.47. The lowest BCUT2D eigenvalue weighted by Crippen LogP contribution is -2.35. The first-order valence-electron chi connectivity index (χ1n) is 6.72. The van der Waals surface area contributed by atoms with Gasteiger partial charge in [0, 0.05) is 17.4 Å². The summed E-state index contributed by atoms with van der Waals surface area (Å²) < 4.78 is 0. The van der Waals surface area contributed by atoms with Gasteiger partial charge >= 0.3 is 0 Å². The average molecular weight is 276 g/mol. The number of carbonyl (C=O) groups is 1. The van der Waals surface area contributed by atoms with Crippen LogP contribution < -0.4 is 11.1 Å². The van der Waals surface area contributed by atoms with Gasteiger partial charge in [-0.15, -0.1) is 0 Å². The molecule has 1 aromatic carbocycles. The number of rotatable bonds is 0. The van der Waals surface area contributed by atoms with Crippen molar-refractivity contribution in [1.82, 2.24) is 4.98 Å². The maximum absolute atomic E-state index is 12.5. The second kappa shape index (κ2) is 3.83. The predicted molar refractivity (Wildman–Crippen MR) is 77.5 cm³/mol. The fourth-order valence-corrected chi connectivity index (χ4v) is 3.44. The van der Waals surface area contributed by atoms with E-state index >= 15 is 0 Å². The number of fused-ring (bicyclic) bond motifs is 3. The zero-order valence-electron chi connectivity index (χ0n) is 11.2. The molecule has 102 valence electrons. The van der Waals surface area contributed by atoms with E-state index in [4.69, 9.17) is 11.0 Å². The van der Waals surface area contributed by atoms with Gasteiger partial charge in [0.05, 0.1) is 11.0 Å². The highest BCUT2D eigenvalue weighted by molar-refractivity contribution is 6.06. The molecule has 1 aliphatic heterocycles. The maximum atomic E-state index is 12.5. The quantitative estimate of drug-likeness (QED) is 0.714. The summed E-state index contributed by atoms with van der Waals surface area (Å²) in [5.41, 5.74) is 9.21. The van der Waals surface area contributed by atoms with Gasteiger partial charge in [-0.3, -0.25) is 4.79 Å². The van der Waals surface area contributed by atoms with Gasteiger partial charge in [-0.1, -0.05) is 6.07 Å². The number of nitrogens with two attached hydrogens (primary N) is 1. The number of nitriles is 1. The van der Waals surface area contributed by atoms with Gasteiger partial charge in [-0.05, 0) is 42.2 Å². The van der Waals surface area contributed by atoms with E-state index in [0.29, 0.717) is 29.9 Å². The molecule has 1 aliphatic carbocycles. The van der Waals surface area contributed by atoms with Crippen LogP contribution in [0.4, 0.5) is 11.5 Å². The molecule has 5 nitrogen and oxygen atoms in total. The minimum Gasteiger partial charge on any atom is -0.398 e. The Labute approximate surface area is 121 Å². The Bertz CT molecular complexity index is 837. The van der Waals surface area contributed by atoms with Gasteiger partial charge in [0.1, 0.15) is 11.9 Å². The Hall–Kier alpha value is -2.87. The van der Waals surface area contributed by atoms with Crippen molar-refractivity contribution < 1.29 is 4.79 Å². The number of nitrogens with zero attached hydrogens (tertiary/aromatic N) is 2. The molecule has 0 saturated carbocycles. The number of nitrogen functional groups attached to an aromatic ring is 1. The van der Waals surface area contributed by atoms with Crippen molar-refractivity contribution in [2.75, 3.05) is 11.1 Å². The van der Waals surface area contributed by atoms with Crippen LogP contribution in [-0.2, 0) is 23.1 Å². The number of pyridine rings is 1. The zero-order valence-corrected chi connectivity index (χ0v) is 11.2. The first-order valence-corrected chi connectivity index (χ1v) is 6.72. The van der Waals surface area contributed by atoms with E-state index in [1.54, 1.807) is 12.3 Å². The Morgan fingerprint density at radius 2 is 2.10 bits per heavy atom. The van der Waals surface area contributed by atoms with Crippen LogP contribution in [0.2, 0.25) is 0 Å². The molecule has 0 unspecified atom stereocenters. The monoisotopic (exact) mass is 276 g/mol. The Balaban J connectivity index is 1.87. The van der Waals surface area contributed by atoms with Crippen LogP contribution in [0.15, 0.2) is 30.5 Å². The first kappa shape index (κ1) is 11.9. The van der Waals surface area contributed by atoms with Crippen molar-refractivity contribution in [3.8, 4) is 6.07 Å². The fourth-order valence-electron chi connectivity index (χ4n) is 3.44. The summed E-state index contributed by atoms with van der Waals surface area (Å²) in [7, 11) is 0. The van der Waals surface area contributed by atoms with E-state index in [0.717, 1.165) is 16.7 Å². The molecule has 1 aromatic heterocycles. The summed E-state index contributed by atoms with van der Waals surface area (Å²) in [5, 5.41) is 12.0. The lowest BCUT2D eigenvalue weighted by molar-refractivity contribution is -0.120. The largest absolute Gasteiger partial charge is 0.398 e. The average Bonchev–Trinajstić information content (AvgIpc) is 2.97. The summed E-state index contributed by atoms with van der Waals surface area (Å²) in [6.07, 6.45) is 2.86. The van der Waals surface area contributed by atoms with Crippen molar-refractivity contribution in [2.24, 2.45) is 0 Å². The molecule has 0 bridgehead atoms. The molecule has 0 radical (unpaired) electrons. The highest BCUT2D eigenvalue weighted by atomic mass is 16.2. The molecule has 2 heterocycles. The molecule has 5 heteroatoms. The summed E-state index contributed by atoms with van der Waals surface area (Å²) in [5.74, 6) is 0.619. The van der Waals surface area contributed by atoms with Crippen LogP contribution >= 0.6 is 0 Å². The minimum absolute atomic E-state index is 0.0236. The zero-order chi connectivity index (χ0) is 14.6. The minimum atomic E-state index is -0.605. The molecular formula is C16H12N4O. The van der Waals surface area contributed by atoms with E-state index in [1.807, 2.05) is 18.2 Å². The second-order valence-electron chi connectivity index (χ2n) is 5.61. The lowest BCUT2D eigenvalue weighted by Gasteiger charge is -2.20. The van der Waals surface area contributed by atoms with E-state index in [2.05, 4.69) is 16.4 Å². The number of aromatic nitrogens is 1. The standard InChI is InChI=1S/C16H12N4O/c17-8-11-4-9-6-16(7-10(9)5-13(11)18)12-2-1-3-19-14(12)20-15(16)21/h1-5H,6-7,18H2,(H,19,20,21)/t16-/m1/s1. The van der Waals surface area contributed by atoms with E-state index in [1.165, 1.54) is 0 Å². The number of hydrogen-bond acceptors (Lipinski definition) is 4. The van der Waals surface area contributed by atoms with Crippen LogP contribution in [0.25, 0.3) is 0 Å². The molecule has 4 rings (SSSR count). The number of nitrogens with one attached hydrogen (secondary N) is 1. The van der Waals surface area contributed by atoms with E-state index in [9.17, 15) is 4.79 Å². The van der Waals surface area contributed by atoms with Crippen molar-refractivity contribution in [2.45, 2.75) is 18.3 Å². The molecule has 0 saturated heterocycles. The molecule has 21 heavy (non-hydrogen) atoms. The van der Waals surface area contributed by atoms with E-state index < -0.39 is 5.41 Å². The number of hydrogen-bond donors (Lipinski definition) is 2. The van der Waals surface area contributed by atoms with Crippen molar-refractivity contribution in [3.05, 3.63) is 52.7 Å². The van der Waals surface area contributed by atoms with Gasteiger partial charge in [0.15, 0.2) is 0 Å². The summed E-state index contributed by atoms with van der Waals surface area (Å²) >= 11 is 0. The van der Waals surface area contributed by atoms with Crippen LogP contribution in [0.3, 0.4) is 0 Å². The molecule has 2 aliphatic rings. The molecular weight excluding hydrogens is 264 g/mol. The normalized spacial score (nSPS) is 21.8. The molecule has 0 fully saturated rings. The predicted octanol–water partition coefficient (Wildman–Crippen LogP) is 1.52. The fraction of sp³-hybridized carbons (Fsp3) is 0.188. The third kappa shape index (κ3) is 1.44. The van der Waals surface area contributed by atoms with Gasteiger partial charge in [-0.2, -0.15) is 5.26 Å². The molecule has 1 atom stereocenters. The first-order chi connectivity index (χ1) is 10.1. The smallest absolute Gasteiger partial charge is 0.237 e. The molecule has 3 N–H and O–H groups in total. The Kier molecular flexibility index (Phi) is 2.17. The molecule has 1 spiro atoms. The highest BCUT2D eigenvalue weighted by Gasteiger charge is 2.51. The number of anilines is 2. The Morgan fingerprint density at radius 1 is 1.33 bits per heavy atom. The van der Waals surface area contributed by atoms with Crippen LogP contribution in [0.5, 0.6) is 0 Å². The molecule has 1 amide bonds. The van der Waals surface area contributed by atoms with Crippen LogP contribution in [0, 0.1) is 11.3 Å². The van der Waals surface area contributed by atoms with Crippen molar-refractivity contribution in [1.29, 1.82) is 5.26 Å². The third-order valence-corrected chi connectivity index (χ3v) is 4.47. The van der Waals surface area contributed by atoms with Crippen molar-refractivity contribution >= 4 is 17.4 Å². The van der Waals surface area contributed by atoms with Gasteiger partial charge < -0.3 is 11.1 Å². The maximum Gasteiger partial charge on any atom is 0.237 e. The third-order valence-electron chi connectivity index (χ3n) is 4.47. The van der Waals surface area contributed by atoms with Gasteiger partial charge in [-0.25, -0.2) is 4.98 Å². The number of amides is 1. The van der Waals surface area contributed by atoms with Gasteiger partial charge in [0.2, 0.25) is 5.91 Å². The summed E-state index contributed by atoms with van der Waals surface area (Å²) in [4.78, 5) is 16.7. The van der Waals surface area contributed by atoms with Gasteiger partial charge in [0.25, 0.3) is 0 Å².